The van der Waals surface area contributed by atoms with E-state index in [9.17, 15) is 13.2 Å². The molecule has 136 valence electrons. The lowest BCUT2D eigenvalue weighted by Gasteiger charge is -2.18. The zero-order valence-corrected chi connectivity index (χ0v) is 16.1. The van der Waals surface area contributed by atoms with Gasteiger partial charge in [-0.2, -0.15) is 9.30 Å². The number of carbonyl (C=O) groups excluding carboxylic acids is 1. The van der Waals surface area contributed by atoms with Gasteiger partial charge in [-0.05, 0) is 38.0 Å². The molecule has 25 heavy (non-hydrogen) atoms. The molecule has 0 N–H and O–H groups in total. The summed E-state index contributed by atoms with van der Waals surface area (Å²) in [5, 5.41) is 0. The molecule has 0 spiro atoms. The van der Waals surface area contributed by atoms with Crippen molar-refractivity contribution in [2.24, 2.45) is 12.0 Å². The Morgan fingerprint density at radius 3 is 2.88 bits per heavy atom. The quantitative estimate of drug-likeness (QED) is 0.801. The Kier molecular flexibility index (Phi) is 4.99. The van der Waals surface area contributed by atoms with Crippen molar-refractivity contribution in [2.45, 2.75) is 25.8 Å². The van der Waals surface area contributed by atoms with E-state index in [0.717, 1.165) is 22.2 Å². The van der Waals surface area contributed by atoms with E-state index in [2.05, 4.69) is 4.99 Å². The minimum absolute atomic E-state index is 0.376. The Morgan fingerprint density at radius 2 is 2.20 bits per heavy atom. The van der Waals surface area contributed by atoms with Crippen LogP contribution < -0.4 is 9.54 Å². The number of fused-ring (bicyclic) bond motifs is 1. The van der Waals surface area contributed by atoms with E-state index in [1.165, 1.54) is 15.6 Å². The van der Waals surface area contributed by atoms with Gasteiger partial charge in [-0.15, -0.1) is 0 Å². The van der Waals surface area contributed by atoms with Crippen molar-refractivity contribution in [1.82, 2.24) is 8.87 Å². The van der Waals surface area contributed by atoms with Crippen LogP contribution in [0.15, 0.2) is 23.2 Å². The Morgan fingerprint density at radius 1 is 1.44 bits per heavy atom. The van der Waals surface area contributed by atoms with Crippen LogP contribution in [0, 0.1) is 0 Å². The van der Waals surface area contributed by atoms with Crippen LogP contribution in [0.25, 0.3) is 10.2 Å². The molecule has 1 aromatic heterocycles. The van der Waals surface area contributed by atoms with Crippen LogP contribution in [-0.4, -0.2) is 48.6 Å². The highest BCUT2D eigenvalue weighted by atomic mass is 32.2. The first-order valence-corrected chi connectivity index (χ1v) is 10.8. The summed E-state index contributed by atoms with van der Waals surface area (Å²) >= 11 is 1.39. The van der Waals surface area contributed by atoms with Gasteiger partial charge in [0, 0.05) is 13.6 Å². The van der Waals surface area contributed by atoms with E-state index in [-0.39, 0.29) is 0 Å². The molecule has 7 nitrogen and oxygen atoms in total. The second kappa shape index (κ2) is 6.89. The van der Waals surface area contributed by atoms with Gasteiger partial charge in [0.2, 0.25) is 10.0 Å². The zero-order chi connectivity index (χ0) is 18.2. The molecule has 2 heterocycles. The lowest BCUT2D eigenvalue weighted by molar-refractivity contribution is -0.121. The van der Waals surface area contributed by atoms with Crippen LogP contribution in [0.1, 0.15) is 19.8 Å². The van der Waals surface area contributed by atoms with Crippen LogP contribution in [0.5, 0.6) is 5.75 Å². The molecule has 1 amide bonds. The molecule has 1 atom stereocenters. The van der Waals surface area contributed by atoms with Gasteiger partial charge in [-0.25, -0.2) is 8.42 Å². The molecule has 1 aliphatic rings. The van der Waals surface area contributed by atoms with E-state index in [1.54, 1.807) is 0 Å². The number of hydrogen-bond donors (Lipinski definition) is 0. The summed E-state index contributed by atoms with van der Waals surface area (Å²) in [7, 11) is -1.56. The Labute approximate surface area is 150 Å². The van der Waals surface area contributed by atoms with Crippen molar-refractivity contribution in [3.8, 4) is 5.75 Å². The first-order valence-electron chi connectivity index (χ1n) is 8.09. The number of ether oxygens (including phenoxy) is 1. The fourth-order valence-electron chi connectivity index (χ4n) is 3.03. The van der Waals surface area contributed by atoms with Gasteiger partial charge in [0.05, 0.1) is 23.1 Å². The Hall–Kier alpha value is -1.71. The van der Waals surface area contributed by atoms with Crippen LogP contribution >= 0.6 is 11.3 Å². The van der Waals surface area contributed by atoms with Crippen molar-refractivity contribution in [3.63, 3.8) is 0 Å². The molecule has 0 radical (unpaired) electrons. The molecule has 1 unspecified atom stereocenters. The summed E-state index contributed by atoms with van der Waals surface area (Å²) in [6, 6.07) is 5.04. The fourth-order valence-corrected chi connectivity index (χ4v) is 5.20. The van der Waals surface area contributed by atoms with Gasteiger partial charge in [0.15, 0.2) is 4.80 Å². The Balaban J connectivity index is 1.97. The second-order valence-corrected chi connectivity index (χ2v) is 8.93. The molecule has 2 aromatic rings. The van der Waals surface area contributed by atoms with Crippen molar-refractivity contribution in [2.75, 3.05) is 19.4 Å². The van der Waals surface area contributed by atoms with E-state index in [4.69, 9.17) is 4.74 Å². The second-order valence-electron chi connectivity index (χ2n) is 5.99. The SMILES string of the molecule is CCOc1ccc2c(c1)sc(=NC(=O)C1CCCN1S(C)(=O)=O)n2C. The lowest BCUT2D eigenvalue weighted by atomic mass is 10.2. The van der Waals surface area contributed by atoms with E-state index >= 15 is 0 Å². The first kappa shape index (κ1) is 18.1. The van der Waals surface area contributed by atoms with Crippen LogP contribution in [-0.2, 0) is 21.9 Å². The average Bonchev–Trinajstić information content (AvgIpc) is 3.13. The Bertz CT molecular complexity index is 975. The standard InChI is InChI=1S/C16H21N3O4S2/c1-4-23-11-7-8-12-14(10-11)24-16(18(12)2)17-15(20)13-6-5-9-19(13)25(3,21)22/h7-8,10,13H,4-6,9H2,1-3H3. The number of rotatable bonds is 4. The molecule has 0 saturated carbocycles. The first-order chi connectivity index (χ1) is 11.8. The normalized spacial score (nSPS) is 19.6. The molecule has 1 aromatic carbocycles. The highest BCUT2D eigenvalue weighted by molar-refractivity contribution is 7.88. The average molecular weight is 383 g/mol. The maximum atomic E-state index is 12.6. The smallest absolute Gasteiger partial charge is 0.266 e. The van der Waals surface area contributed by atoms with Crippen LogP contribution in [0.3, 0.4) is 0 Å². The predicted molar refractivity (Wildman–Crippen MR) is 97.1 cm³/mol. The zero-order valence-electron chi connectivity index (χ0n) is 14.4. The monoisotopic (exact) mass is 383 g/mol. The van der Waals surface area contributed by atoms with Crippen LogP contribution in [0.4, 0.5) is 0 Å². The maximum Gasteiger partial charge on any atom is 0.266 e. The van der Waals surface area contributed by atoms with Gasteiger partial charge < -0.3 is 9.30 Å². The number of aromatic nitrogens is 1. The van der Waals surface area contributed by atoms with Gasteiger partial charge in [-0.1, -0.05) is 11.3 Å². The predicted octanol–water partition coefficient (Wildman–Crippen LogP) is 1.49. The molecule has 1 fully saturated rings. The molecule has 9 heteroatoms. The summed E-state index contributed by atoms with van der Waals surface area (Å²) in [5.74, 6) is 0.365. The van der Waals surface area contributed by atoms with Crippen molar-refractivity contribution < 1.29 is 17.9 Å². The lowest BCUT2D eigenvalue weighted by Crippen LogP contribution is -2.39. The number of hydrogen-bond acceptors (Lipinski definition) is 5. The fraction of sp³-hybridized carbons (Fsp3) is 0.500. The summed E-state index contributed by atoms with van der Waals surface area (Å²) in [6.07, 6.45) is 2.32. The molecule has 0 bridgehead atoms. The number of thiazole rings is 1. The van der Waals surface area contributed by atoms with Crippen molar-refractivity contribution in [1.29, 1.82) is 0 Å². The number of aryl methyl sites for hydroxylation is 1. The van der Waals surface area contributed by atoms with Crippen molar-refractivity contribution in [3.05, 3.63) is 23.0 Å². The number of carbonyl (C=O) groups is 1. The highest BCUT2D eigenvalue weighted by Crippen LogP contribution is 2.24. The van der Waals surface area contributed by atoms with E-state index in [0.29, 0.717) is 30.8 Å². The molecular weight excluding hydrogens is 362 g/mol. The van der Waals surface area contributed by atoms with Crippen molar-refractivity contribution >= 4 is 37.5 Å². The minimum Gasteiger partial charge on any atom is -0.494 e. The van der Waals surface area contributed by atoms with Gasteiger partial charge in [0.25, 0.3) is 5.91 Å². The van der Waals surface area contributed by atoms with E-state index in [1.807, 2.05) is 36.7 Å². The third kappa shape index (κ3) is 3.63. The molecular formula is C16H21N3O4S2. The topological polar surface area (TPSA) is 81.0 Å². The van der Waals surface area contributed by atoms with E-state index < -0.39 is 22.0 Å². The number of amides is 1. The molecule has 0 aliphatic carbocycles. The number of benzene rings is 1. The summed E-state index contributed by atoms with van der Waals surface area (Å²) in [4.78, 5) is 17.3. The highest BCUT2D eigenvalue weighted by Gasteiger charge is 2.36. The summed E-state index contributed by atoms with van der Waals surface area (Å²) in [6.45, 7) is 2.88. The van der Waals surface area contributed by atoms with Crippen LogP contribution in [0.2, 0.25) is 0 Å². The van der Waals surface area contributed by atoms with Gasteiger partial charge in [-0.3, -0.25) is 4.79 Å². The minimum atomic E-state index is -3.40. The summed E-state index contributed by atoms with van der Waals surface area (Å²) < 4.78 is 33.2. The van der Waals surface area contributed by atoms with Gasteiger partial charge >= 0.3 is 0 Å². The largest absolute Gasteiger partial charge is 0.494 e. The van der Waals surface area contributed by atoms with Gasteiger partial charge in [0.1, 0.15) is 11.8 Å². The molecule has 3 rings (SSSR count). The maximum absolute atomic E-state index is 12.6. The molecule has 1 aliphatic heterocycles. The third-order valence-corrected chi connectivity index (χ3v) is 6.60. The number of sulfonamides is 1. The molecule has 1 saturated heterocycles. The number of nitrogens with zero attached hydrogens (tertiary/aromatic N) is 3. The third-order valence-electron chi connectivity index (χ3n) is 4.21. The summed E-state index contributed by atoms with van der Waals surface area (Å²) in [5.41, 5.74) is 0.950.